The zero-order chi connectivity index (χ0) is 45.5. The quantitative estimate of drug-likeness (QED) is 0.0961. The predicted molar refractivity (Wildman–Crippen MR) is 235 cm³/mol. The molecule has 62 heavy (non-hydrogen) atoms. The van der Waals surface area contributed by atoms with Crippen LogP contribution in [-0.2, 0) is 9.47 Å². The van der Waals surface area contributed by atoms with Crippen LogP contribution in [0.4, 0.5) is 0 Å². The highest BCUT2D eigenvalue weighted by atomic mass is 32.1. The number of nitriles is 6. The van der Waals surface area contributed by atoms with E-state index in [0.717, 1.165) is 19.5 Å². The molecule has 0 amide bonds. The standard InChI is InChI=1S/C46H44N8O6S2/c1-45(2)40(38(29-51)42(59-45)32(25-47)26-48)15-13-36-11-9-34(61-36)7-5-31(44(53(17-21-55)18-22-56)54(19-23-57)20-24-58)6-8-35-10-12-37(62-35)14-16-41-39(30-52)43(33(27-49)28-50)60-46(41,3)4/h5-16,55-58H,17-24H2,1-4H3/b7-5+,8-6+,15-13+,16-14+. The Morgan fingerprint density at radius 3 is 1.16 bits per heavy atom. The summed E-state index contributed by atoms with van der Waals surface area (Å²) in [5, 5.41) is 97.7. The molecular formula is C46H44N8O6S2. The van der Waals surface area contributed by atoms with E-state index in [1.165, 1.54) is 22.7 Å². The van der Waals surface area contributed by atoms with E-state index in [0.29, 0.717) is 22.5 Å². The van der Waals surface area contributed by atoms with Crippen molar-refractivity contribution in [3.05, 3.63) is 124 Å². The summed E-state index contributed by atoms with van der Waals surface area (Å²) in [6.07, 6.45) is 14.7. The first kappa shape index (κ1) is 47.7. The number of allylic oxidation sites excluding steroid dienone is 7. The zero-order valence-corrected chi connectivity index (χ0v) is 36.2. The van der Waals surface area contributed by atoms with Crippen LogP contribution in [0, 0.1) is 68.0 Å². The number of thiophene rings is 2. The highest BCUT2D eigenvalue weighted by Gasteiger charge is 2.39. The molecule has 316 valence electrons. The van der Waals surface area contributed by atoms with Crippen molar-refractivity contribution >= 4 is 47.0 Å². The Morgan fingerprint density at radius 2 is 0.871 bits per heavy atom. The second-order valence-corrected chi connectivity index (χ2v) is 16.6. The van der Waals surface area contributed by atoms with Crippen molar-refractivity contribution in [2.45, 2.75) is 38.9 Å². The first-order valence-corrected chi connectivity index (χ1v) is 20.8. The van der Waals surface area contributed by atoms with Crippen molar-refractivity contribution in [3.8, 4) is 36.4 Å². The van der Waals surface area contributed by atoms with E-state index in [4.69, 9.17) is 9.47 Å². The van der Waals surface area contributed by atoms with Gasteiger partial charge in [-0.15, -0.1) is 22.7 Å². The largest absolute Gasteiger partial charge is 0.480 e. The predicted octanol–water partition coefficient (Wildman–Crippen LogP) is 6.21. The minimum absolute atomic E-state index is 0.0433. The van der Waals surface area contributed by atoms with Crippen molar-refractivity contribution in [2.75, 3.05) is 52.6 Å². The zero-order valence-electron chi connectivity index (χ0n) is 34.6. The lowest BCUT2D eigenvalue weighted by molar-refractivity contribution is 0.0951. The smallest absolute Gasteiger partial charge is 0.172 e. The van der Waals surface area contributed by atoms with Gasteiger partial charge in [-0.3, -0.25) is 0 Å². The van der Waals surface area contributed by atoms with Crippen LogP contribution in [0.25, 0.3) is 24.3 Å². The van der Waals surface area contributed by atoms with Gasteiger partial charge in [0.25, 0.3) is 0 Å². The summed E-state index contributed by atoms with van der Waals surface area (Å²) >= 11 is 2.90. The maximum atomic E-state index is 10.0. The van der Waals surface area contributed by atoms with Crippen molar-refractivity contribution in [1.29, 1.82) is 31.6 Å². The van der Waals surface area contributed by atoms with Gasteiger partial charge in [-0.25, -0.2) is 0 Å². The summed E-state index contributed by atoms with van der Waals surface area (Å²) < 4.78 is 11.8. The van der Waals surface area contributed by atoms with Crippen LogP contribution in [-0.4, -0.2) is 94.0 Å². The Balaban J connectivity index is 1.78. The summed E-state index contributed by atoms with van der Waals surface area (Å²) in [5.74, 6) is 0.475. The van der Waals surface area contributed by atoms with Crippen LogP contribution in [0.2, 0.25) is 0 Å². The van der Waals surface area contributed by atoms with E-state index in [1.54, 1.807) is 73.9 Å². The molecule has 0 radical (unpaired) electrons. The molecule has 0 fully saturated rings. The highest BCUT2D eigenvalue weighted by Crippen LogP contribution is 2.42. The minimum Gasteiger partial charge on any atom is -0.480 e. The van der Waals surface area contributed by atoms with Gasteiger partial charge in [-0.1, -0.05) is 12.2 Å². The molecule has 0 aliphatic carbocycles. The molecule has 0 unspecified atom stereocenters. The molecule has 14 nitrogen and oxygen atoms in total. The number of rotatable bonds is 18. The molecule has 2 aromatic rings. The minimum atomic E-state index is -0.967. The van der Waals surface area contributed by atoms with Gasteiger partial charge in [0, 0.05) is 62.4 Å². The molecule has 2 aromatic heterocycles. The Labute approximate surface area is 369 Å². The van der Waals surface area contributed by atoms with Gasteiger partial charge in [0.15, 0.2) is 22.7 Å². The number of hydrogen-bond donors (Lipinski definition) is 4. The number of nitrogens with zero attached hydrogens (tertiary/aromatic N) is 8. The molecule has 0 bridgehead atoms. The van der Waals surface area contributed by atoms with Gasteiger partial charge in [-0.05, 0) is 88.4 Å². The number of hydrogen-bond acceptors (Lipinski definition) is 16. The number of aliphatic hydroxyl groups is 4. The Hall–Kier alpha value is -6.96. The van der Waals surface area contributed by atoms with Crippen molar-refractivity contribution in [1.82, 2.24) is 9.80 Å². The fraction of sp³-hybridized carbons (Fsp3) is 0.304. The summed E-state index contributed by atoms with van der Waals surface area (Å²) in [6, 6.07) is 19.0. The average molecular weight is 869 g/mol. The highest BCUT2D eigenvalue weighted by molar-refractivity contribution is 7.14. The van der Waals surface area contributed by atoms with Crippen LogP contribution >= 0.6 is 22.7 Å². The fourth-order valence-corrected chi connectivity index (χ4v) is 8.27. The Bertz CT molecular complexity index is 2350. The first-order valence-electron chi connectivity index (χ1n) is 19.2. The van der Waals surface area contributed by atoms with E-state index in [1.807, 2.05) is 60.7 Å². The molecule has 0 saturated heterocycles. The van der Waals surface area contributed by atoms with Crippen molar-refractivity contribution in [2.24, 2.45) is 0 Å². The van der Waals surface area contributed by atoms with E-state index in [2.05, 4.69) is 12.1 Å². The monoisotopic (exact) mass is 868 g/mol. The Morgan fingerprint density at radius 1 is 0.548 bits per heavy atom. The van der Waals surface area contributed by atoms with Crippen LogP contribution in [0.15, 0.2) is 105 Å². The lowest BCUT2D eigenvalue weighted by atomic mass is 9.94. The molecule has 2 aliphatic rings. The average Bonchev–Trinajstić information content (AvgIpc) is 4.01. The normalized spacial score (nSPS) is 15.3. The van der Waals surface area contributed by atoms with Crippen LogP contribution in [0.5, 0.6) is 0 Å². The second kappa shape index (κ2) is 22.0. The van der Waals surface area contributed by atoms with Crippen LogP contribution in [0.1, 0.15) is 47.2 Å². The Kier molecular flexibility index (Phi) is 17.0. The fourth-order valence-electron chi connectivity index (χ4n) is 6.63. The van der Waals surface area contributed by atoms with Gasteiger partial charge in [0.2, 0.25) is 0 Å². The lowest BCUT2D eigenvalue weighted by Crippen LogP contribution is -2.41. The van der Waals surface area contributed by atoms with Crippen LogP contribution in [0.3, 0.4) is 0 Å². The van der Waals surface area contributed by atoms with Gasteiger partial charge in [0.05, 0.1) is 26.4 Å². The first-order chi connectivity index (χ1) is 29.8. The maximum Gasteiger partial charge on any atom is 0.172 e. The van der Waals surface area contributed by atoms with E-state index in [9.17, 15) is 52.0 Å². The van der Waals surface area contributed by atoms with E-state index in [-0.39, 0.29) is 86.4 Å². The van der Waals surface area contributed by atoms with E-state index >= 15 is 0 Å². The van der Waals surface area contributed by atoms with Gasteiger partial charge >= 0.3 is 0 Å². The third-order valence-electron chi connectivity index (χ3n) is 9.44. The molecule has 4 rings (SSSR count). The number of ether oxygens (including phenoxy) is 2. The maximum absolute atomic E-state index is 10.0. The summed E-state index contributed by atoms with van der Waals surface area (Å²) in [6.45, 7) is 6.69. The molecule has 2 aliphatic heterocycles. The van der Waals surface area contributed by atoms with Crippen LogP contribution < -0.4 is 0 Å². The molecule has 0 saturated carbocycles. The topological polar surface area (TPSA) is 249 Å². The molecular weight excluding hydrogens is 825 g/mol. The molecule has 4 N–H and O–H groups in total. The van der Waals surface area contributed by atoms with E-state index < -0.39 is 11.2 Å². The van der Waals surface area contributed by atoms with Crippen molar-refractivity contribution < 1.29 is 29.9 Å². The molecule has 0 aromatic carbocycles. The third kappa shape index (κ3) is 11.2. The summed E-state index contributed by atoms with van der Waals surface area (Å²) in [4.78, 5) is 6.94. The molecule has 0 atom stereocenters. The number of aliphatic hydroxyl groups excluding tert-OH is 4. The van der Waals surface area contributed by atoms with Gasteiger partial charge in [0.1, 0.15) is 64.6 Å². The SMILES string of the molecule is CC1(C)OC(=C(C#N)C#N)C(C#N)=C1/C=C/c1ccc(/C=C/C(/C=C/c2ccc(/C=C/C3=C(C#N)C(=C(C#N)C#N)OC3(C)C)s2)=C(N(CCO)CCO)N(CCO)CCO)s1. The summed E-state index contributed by atoms with van der Waals surface area (Å²) in [5.41, 5.74) is -0.579. The third-order valence-corrected chi connectivity index (χ3v) is 11.5. The molecule has 0 spiro atoms. The van der Waals surface area contributed by atoms with Crippen molar-refractivity contribution in [3.63, 3.8) is 0 Å². The molecule has 16 heteroatoms. The second-order valence-electron chi connectivity index (χ2n) is 14.3. The van der Waals surface area contributed by atoms with Gasteiger partial charge in [-0.2, -0.15) is 31.6 Å². The lowest BCUT2D eigenvalue weighted by Gasteiger charge is -2.36. The van der Waals surface area contributed by atoms with Gasteiger partial charge < -0.3 is 39.7 Å². The molecule has 4 heterocycles. The summed E-state index contributed by atoms with van der Waals surface area (Å²) in [7, 11) is 0.